The topological polar surface area (TPSA) is 24.9 Å². The van der Waals surface area contributed by atoms with E-state index < -0.39 is 0 Å². The Balaban J connectivity index is 1.90. The molecular formula is C17H22N2S. The molecule has 3 heteroatoms. The zero-order chi connectivity index (χ0) is 13.9. The maximum absolute atomic E-state index is 4.84. The molecule has 1 aliphatic rings. The first kappa shape index (κ1) is 13.8. The number of hydrogen-bond donors (Lipinski definition) is 1. The second-order valence-corrected chi connectivity index (χ2v) is 6.84. The number of aromatic nitrogens is 1. The second kappa shape index (κ2) is 6.06. The standard InChI is InChI=1S/C17H22N2S/c1-12-17(19-16(20-12)9-10-18-2)15-8-7-13-5-3-4-6-14(13)11-15/h7-8,11,18H,3-6,9-10H2,1-2H3. The Morgan fingerprint density at radius 2 is 2.00 bits per heavy atom. The molecule has 1 aliphatic carbocycles. The predicted octanol–water partition coefficient (Wildman–Crippen LogP) is 3.76. The van der Waals surface area contributed by atoms with E-state index in [9.17, 15) is 0 Å². The van der Waals surface area contributed by atoms with Crippen molar-refractivity contribution in [3.63, 3.8) is 0 Å². The summed E-state index contributed by atoms with van der Waals surface area (Å²) in [5.41, 5.74) is 5.57. The quantitative estimate of drug-likeness (QED) is 0.925. The zero-order valence-electron chi connectivity index (χ0n) is 12.3. The van der Waals surface area contributed by atoms with Crippen molar-refractivity contribution in [2.24, 2.45) is 0 Å². The third kappa shape index (κ3) is 2.79. The Morgan fingerprint density at radius 1 is 1.20 bits per heavy atom. The number of aryl methyl sites for hydroxylation is 3. The van der Waals surface area contributed by atoms with Crippen LogP contribution in [0, 0.1) is 6.92 Å². The lowest BCUT2D eigenvalue weighted by atomic mass is 9.90. The molecule has 1 heterocycles. The fraction of sp³-hybridized carbons (Fsp3) is 0.471. The second-order valence-electron chi connectivity index (χ2n) is 5.56. The highest BCUT2D eigenvalue weighted by Gasteiger charge is 2.13. The van der Waals surface area contributed by atoms with Crippen LogP contribution in [0.15, 0.2) is 18.2 Å². The van der Waals surface area contributed by atoms with E-state index in [-0.39, 0.29) is 0 Å². The van der Waals surface area contributed by atoms with Gasteiger partial charge in [-0.1, -0.05) is 12.1 Å². The van der Waals surface area contributed by atoms with Crippen molar-refractivity contribution in [2.75, 3.05) is 13.6 Å². The number of thiazole rings is 1. The van der Waals surface area contributed by atoms with Crippen LogP contribution in [-0.4, -0.2) is 18.6 Å². The van der Waals surface area contributed by atoms with Crippen LogP contribution >= 0.6 is 11.3 Å². The molecule has 0 bridgehead atoms. The van der Waals surface area contributed by atoms with E-state index in [1.54, 1.807) is 5.56 Å². The molecular weight excluding hydrogens is 264 g/mol. The molecule has 0 aliphatic heterocycles. The van der Waals surface area contributed by atoms with Crippen molar-refractivity contribution in [1.29, 1.82) is 0 Å². The van der Waals surface area contributed by atoms with Crippen LogP contribution in [0.4, 0.5) is 0 Å². The molecule has 106 valence electrons. The Kier molecular flexibility index (Phi) is 4.18. The molecule has 0 fully saturated rings. The van der Waals surface area contributed by atoms with Crippen LogP contribution in [0.1, 0.15) is 33.9 Å². The monoisotopic (exact) mass is 286 g/mol. The Bertz CT molecular complexity index is 601. The van der Waals surface area contributed by atoms with Gasteiger partial charge in [0.2, 0.25) is 0 Å². The number of likely N-dealkylation sites (N-methyl/N-ethyl adjacent to an activating group) is 1. The minimum Gasteiger partial charge on any atom is -0.319 e. The van der Waals surface area contributed by atoms with Gasteiger partial charge in [-0.2, -0.15) is 0 Å². The Hall–Kier alpha value is -1.19. The van der Waals surface area contributed by atoms with Gasteiger partial charge in [-0.3, -0.25) is 0 Å². The number of nitrogens with zero attached hydrogens (tertiary/aromatic N) is 1. The number of benzene rings is 1. The summed E-state index contributed by atoms with van der Waals surface area (Å²) in [6, 6.07) is 6.95. The van der Waals surface area contributed by atoms with Gasteiger partial charge in [0, 0.05) is 23.4 Å². The highest BCUT2D eigenvalue weighted by Crippen LogP contribution is 2.31. The first-order chi connectivity index (χ1) is 9.78. The summed E-state index contributed by atoms with van der Waals surface area (Å²) >= 11 is 1.84. The lowest BCUT2D eigenvalue weighted by Crippen LogP contribution is -2.09. The summed E-state index contributed by atoms with van der Waals surface area (Å²) in [5, 5.41) is 4.43. The summed E-state index contributed by atoms with van der Waals surface area (Å²) < 4.78 is 0. The molecule has 0 atom stereocenters. The fourth-order valence-corrected chi connectivity index (χ4v) is 3.89. The molecule has 2 aromatic rings. The molecule has 0 saturated heterocycles. The van der Waals surface area contributed by atoms with E-state index in [1.807, 2.05) is 18.4 Å². The van der Waals surface area contributed by atoms with Gasteiger partial charge in [0.25, 0.3) is 0 Å². The van der Waals surface area contributed by atoms with E-state index in [1.165, 1.54) is 52.4 Å². The normalized spacial score (nSPS) is 14.3. The van der Waals surface area contributed by atoms with Crippen LogP contribution < -0.4 is 5.32 Å². The van der Waals surface area contributed by atoms with Gasteiger partial charge in [0.1, 0.15) is 0 Å². The van der Waals surface area contributed by atoms with Gasteiger partial charge in [0.15, 0.2) is 0 Å². The third-order valence-corrected chi connectivity index (χ3v) is 5.08. The van der Waals surface area contributed by atoms with Crippen LogP contribution in [0.3, 0.4) is 0 Å². The summed E-state index contributed by atoms with van der Waals surface area (Å²) in [4.78, 5) is 6.18. The van der Waals surface area contributed by atoms with E-state index in [0.29, 0.717) is 0 Å². The van der Waals surface area contributed by atoms with Crippen molar-refractivity contribution >= 4 is 11.3 Å². The predicted molar refractivity (Wildman–Crippen MR) is 86.6 cm³/mol. The highest BCUT2D eigenvalue weighted by molar-refractivity contribution is 7.12. The number of nitrogens with one attached hydrogen (secondary N) is 1. The van der Waals surface area contributed by atoms with Crippen molar-refractivity contribution in [2.45, 2.75) is 39.0 Å². The first-order valence-electron chi connectivity index (χ1n) is 7.51. The van der Waals surface area contributed by atoms with E-state index in [4.69, 9.17) is 4.98 Å². The Labute approximate surface area is 125 Å². The van der Waals surface area contributed by atoms with Crippen LogP contribution in [-0.2, 0) is 19.3 Å². The SMILES string of the molecule is CNCCc1nc(-c2ccc3c(c2)CCCC3)c(C)s1. The van der Waals surface area contributed by atoms with Crippen LogP contribution in [0.25, 0.3) is 11.3 Å². The van der Waals surface area contributed by atoms with Gasteiger partial charge in [0.05, 0.1) is 10.7 Å². The molecule has 3 rings (SSSR count). The molecule has 0 amide bonds. The Morgan fingerprint density at radius 3 is 2.80 bits per heavy atom. The average molecular weight is 286 g/mol. The van der Waals surface area contributed by atoms with Gasteiger partial charge < -0.3 is 5.32 Å². The lowest BCUT2D eigenvalue weighted by molar-refractivity contribution is 0.686. The zero-order valence-corrected chi connectivity index (χ0v) is 13.1. The van der Waals surface area contributed by atoms with Crippen molar-refractivity contribution in [3.8, 4) is 11.3 Å². The molecule has 20 heavy (non-hydrogen) atoms. The van der Waals surface area contributed by atoms with Crippen molar-refractivity contribution in [3.05, 3.63) is 39.2 Å². The minimum atomic E-state index is 0.997. The summed E-state index contributed by atoms with van der Waals surface area (Å²) in [5.74, 6) is 0. The maximum atomic E-state index is 4.84. The summed E-state index contributed by atoms with van der Waals surface area (Å²) in [7, 11) is 1.99. The molecule has 1 N–H and O–H groups in total. The number of rotatable bonds is 4. The van der Waals surface area contributed by atoms with Gasteiger partial charge in [-0.25, -0.2) is 4.98 Å². The molecule has 0 spiro atoms. The number of fused-ring (bicyclic) bond motifs is 1. The highest BCUT2D eigenvalue weighted by atomic mass is 32.1. The summed E-state index contributed by atoms with van der Waals surface area (Å²) in [6.45, 7) is 3.19. The maximum Gasteiger partial charge on any atom is 0.0948 e. The van der Waals surface area contributed by atoms with Gasteiger partial charge >= 0.3 is 0 Å². The number of hydrogen-bond acceptors (Lipinski definition) is 3. The minimum absolute atomic E-state index is 0.997. The van der Waals surface area contributed by atoms with E-state index in [0.717, 1.165) is 13.0 Å². The summed E-state index contributed by atoms with van der Waals surface area (Å²) in [6.07, 6.45) is 6.18. The van der Waals surface area contributed by atoms with E-state index >= 15 is 0 Å². The van der Waals surface area contributed by atoms with Gasteiger partial charge in [-0.15, -0.1) is 11.3 Å². The van der Waals surface area contributed by atoms with Crippen LogP contribution in [0.2, 0.25) is 0 Å². The molecule has 2 nitrogen and oxygen atoms in total. The molecule has 1 aromatic carbocycles. The third-order valence-electron chi connectivity index (χ3n) is 4.05. The average Bonchev–Trinajstić information content (AvgIpc) is 2.85. The van der Waals surface area contributed by atoms with Gasteiger partial charge in [-0.05, 0) is 56.8 Å². The van der Waals surface area contributed by atoms with Crippen LogP contribution in [0.5, 0.6) is 0 Å². The van der Waals surface area contributed by atoms with E-state index in [2.05, 4.69) is 30.4 Å². The molecule has 0 saturated carbocycles. The molecule has 1 aromatic heterocycles. The molecule has 0 radical (unpaired) electrons. The molecule has 0 unspecified atom stereocenters. The largest absolute Gasteiger partial charge is 0.319 e. The fourth-order valence-electron chi connectivity index (χ4n) is 2.94. The van der Waals surface area contributed by atoms with Crippen molar-refractivity contribution < 1.29 is 0 Å². The van der Waals surface area contributed by atoms with Crippen molar-refractivity contribution in [1.82, 2.24) is 10.3 Å². The first-order valence-corrected chi connectivity index (χ1v) is 8.32. The smallest absolute Gasteiger partial charge is 0.0948 e. The lowest BCUT2D eigenvalue weighted by Gasteiger charge is -2.16.